The Hall–Kier alpha value is -1.80. The van der Waals surface area contributed by atoms with Gasteiger partial charge in [-0.25, -0.2) is 0 Å². The number of aromatic nitrogens is 1. The predicted octanol–water partition coefficient (Wildman–Crippen LogP) is 5.63. The first-order chi connectivity index (χ1) is 10.7. The highest BCUT2D eigenvalue weighted by molar-refractivity contribution is 7.99. The average Bonchev–Trinajstić information content (AvgIpc) is 2.59. The number of pyridine rings is 1. The first-order valence-corrected chi connectivity index (χ1v) is 8.75. The molecule has 0 saturated heterocycles. The molecular formula is C20H21NS. The van der Waals surface area contributed by atoms with Crippen LogP contribution in [-0.4, -0.2) is 10.7 Å². The molecule has 1 aliphatic heterocycles. The second kappa shape index (κ2) is 6.97. The van der Waals surface area contributed by atoms with Crippen LogP contribution < -0.4 is 0 Å². The van der Waals surface area contributed by atoms with E-state index < -0.39 is 0 Å². The second-order valence-electron chi connectivity index (χ2n) is 5.70. The van der Waals surface area contributed by atoms with Crippen molar-refractivity contribution < 1.29 is 0 Å². The SMILES string of the molecule is C=C(CCC(=C)c1ccccn1)c1ccc2c(c1)CCCS2. The molecule has 1 aliphatic rings. The molecular weight excluding hydrogens is 286 g/mol. The third-order valence-electron chi connectivity index (χ3n) is 4.07. The van der Waals surface area contributed by atoms with Crippen LogP contribution in [-0.2, 0) is 6.42 Å². The Balaban J connectivity index is 1.64. The van der Waals surface area contributed by atoms with E-state index >= 15 is 0 Å². The second-order valence-corrected chi connectivity index (χ2v) is 6.83. The largest absolute Gasteiger partial charge is 0.257 e. The van der Waals surface area contributed by atoms with Gasteiger partial charge in [0.05, 0.1) is 5.69 Å². The van der Waals surface area contributed by atoms with Gasteiger partial charge in [0.15, 0.2) is 0 Å². The minimum Gasteiger partial charge on any atom is -0.257 e. The minimum atomic E-state index is 0.904. The number of rotatable bonds is 5. The Kier molecular flexibility index (Phi) is 4.79. The summed E-state index contributed by atoms with van der Waals surface area (Å²) in [6.07, 6.45) is 6.13. The lowest BCUT2D eigenvalue weighted by Crippen LogP contribution is -1.99. The maximum atomic E-state index is 4.36. The smallest absolute Gasteiger partial charge is 0.0655 e. The van der Waals surface area contributed by atoms with Crippen molar-refractivity contribution in [3.05, 3.63) is 72.6 Å². The molecule has 0 atom stereocenters. The van der Waals surface area contributed by atoms with Crippen LogP contribution in [0, 0.1) is 0 Å². The van der Waals surface area contributed by atoms with E-state index in [9.17, 15) is 0 Å². The molecule has 0 unspecified atom stereocenters. The van der Waals surface area contributed by atoms with Crippen molar-refractivity contribution in [3.63, 3.8) is 0 Å². The molecule has 1 aromatic carbocycles. The van der Waals surface area contributed by atoms with Gasteiger partial charge in [0.25, 0.3) is 0 Å². The van der Waals surface area contributed by atoms with Gasteiger partial charge in [-0.05, 0) is 71.9 Å². The zero-order valence-electron chi connectivity index (χ0n) is 12.8. The van der Waals surface area contributed by atoms with E-state index in [-0.39, 0.29) is 0 Å². The number of allylic oxidation sites excluding steroid dienone is 2. The summed E-state index contributed by atoms with van der Waals surface area (Å²) in [7, 11) is 0. The third-order valence-corrected chi connectivity index (χ3v) is 5.27. The van der Waals surface area contributed by atoms with Gasteiger partial charge >= 0.3 is 0 Å². The van der Waals surface area contributed by atoms with E-state index in [4.69, 9.17) is 0 Å². The van der Waals surface area contributed by atoms with Crippen LogP contribution >= 0.6 is 11.8 Å². The topological polar surface area (TPSA) is 12.9 Å². The highest BCUT2D eigenvalue weighted by Gasteiger charge is 2.11. The highest BCUT2D eigenvalue weighted by Crippen LogP contribution is 2.33. The quantitative estimate of drug-likeness (QED) is 0.710. The fourth-order valence-corrected chi connectivity index (χ4v) is 3.75. The van der Waals surface area contributed by atoms with Crippen LogP contribution in [0.5, 0.6) is 0 Å². The van der Waals surface area contributed by atoms with Gasteiger partial charge < -0.3 is 0 Å². The van der Waals surface area contributed by atoms with E-state index in [0.29, 0.717) is 0 Å². The average molecular weight is 307 g/mol. The Morgan fingerprint density at radius 1 is 1.09 bits per heavy atom. The van der Waals surface area contributed by atoms with E-state index in [1.54, 1.807) is 0 Å². The maximum absolute atomic E-state index is 4.36. The fourth-order valence-electron chi connectivity index (χ4n) is 2.73. The Bertz CT molecular complexity index is 688. The van der Waals surface area contributed by atoms with E-state index in [2.05, 4.69) is 36.3 Å². The first-order valence-electron chi connectivity index (χ1n) is 7.77. The van der Waals surface area contributed by atoms with Gasteiger partial charge in [-0.3, -0.25) is 4.98 Å². The van der Waals surface area contributed by atoms with Crippen molar-refractivity contribution in [1.82, 2.24) is 4.98 Å². The van der Waals surface area contributed by atoms with Crippen LogP contribution in [0.4, 0.5) is 0 Å². The number of thioether (sulfide) groups is 1. The molecule has 22 heavy (non-hydrogen) atoms. The number of hydrogen-bond donors (Lipinski definition) is 0. The molecule has 1 nitrogen and oxygen atoms in total. The lowest BCUT2D eigenvalue weighted by Gasteiger charge is -2.17. The molecule has 0 spiro atoms. The molecule has 0 N–H and O–H groups in total. The van der Waals surface area contributed by atoms with Gasteiger partial charge in [0, 0.05) is 11.1 Å². The first kappa shape index (κ1) is 15.1. The predicted molar refractivity (Wildman–Crippen MR) is 97.0 cm³/mol. The summed E-state index contributed by atoms with van der Waals surface area (Å²) in [6.45, 7) is 8.43. The van der Waals surface area contributed by atoms with Crippen molar-refractivity contribution in [2.45, 2.75) is 30.6 Å². The van der Waals surface area contributed by atoms with Crippen LogP contribution in [0.3, 0.4) is 0 Å². The summed E-state index contributed by atoms with van der Waals surface area (Å²) in [6, 6.07) is 12.7. The summed E-state index contributed by atoms with van der Waals surface area (Å²) in [5.41, 5.74) is 6.01. The van der Waals surface area contributed by atoms with Gasteiger partial charge in [0.2, 0.25) is 0 Å². The van der Waals surface area contributed by atoms with Crippen molar-refractivity contribution in [3.8, 4) is 0 Å². The zero-order chi connectivity index (χ0) is 15.4. The summed E-state index contributed by atoms with van der Waals surface area (Å²) < 4.78 is 0. The van der Waals surface area contributed by atoms with Gasteiger partial charge in [-0.15, -0.1) is 11.8 Å². The normalized spacial score (nSPS) is 13.5. The van der Waals surface area contributed by atoms with Crippen molar-refractivity contribution >= 4 is 22.9 Å². The van der Waals surface area contributed by atoms with Gasteiger partial charge in [-0.1, -0.05) is 31.4 Å². The molecule has 0 amide bonds. The molecule has 0 fully saturated rings. The lowest BCUT2D eigenvalue weighted by atomic mass is 9.96. The Labute approximate surface area is 137 Å². The molecule has 1 aromatic heterocycles. The Morgan fingerprint density at radius 3 is 2.77 bits per heavy atom. The van der Waals surface area contributed by atoms with Gasteiger partial charge in [-0.2, -0.15) is 0 Å². The molecule has 3 rings (SSSR count). The molecule has 112 valence electrons. The molecule has 2 heterocycles. The summed E-state index contributed by atoms with van der Waals surface area (Å²) >= 11 is 1.97. The van der Waals surface area contributed by atoms with Crippen LogP contribution in [0.25, 0.3) is 11.1 Å². The van der Waals surface area contributed by atoms with Crippen LogP contribution in [0.1, 0.15) is 36.1 Å². The van der Waals surface area contributed by atoms with E-state index in [1.165, 1.54) is 40.2 Å². The fraction of sp³-hybridized carbons (Fsp3) is 0.250. The van der Waals surface area contributed by atoms with E-state index in [1.807, 2.05) is 36.2 Å². The summed E-state index contributed by atoms with van der Waals surface area (Å²) in [4.78, 5) is 5.80. The number of hydrogen-bond acceptors (Lipinski definition) is 2. The zero-order valence-corrected chi connectivity index (χ0v) is 13.7. The Morgan fingerprint density at radius 2 is 1.95 bits per heavy atom. The molecule has 0 aliphatic carbocycles. The monoisotopic (exact) mass is 307 g/mol. The molecule has 2 aromatic rings. The van der Waals surface area contributed by atoms with E-state index in [0.717, 1.165) is 24.1 Å². The molecule has 0 bridgehead atoms. The molecule has 0 radical (unpaired) electrons. The molecule has 0 saturated carbocycles. The van der Waals surface area contributed by atoms with Crippen molar-refractivity contribution in [2.75, 3.05) is 5.75 Å². The maximum Gasteiger partial charge on any atom is 0.0655 e. The number of fused-ring (bicyclic) bond motifs is 1. The van der Waals surface area contributed by atoms with Crippen LogP contribution in [0.2, 0.25) is 0 Å². The highest BCUT2D eigenvalue weighted by atomic mass is 32.2. The summed E-state index contributed by atoms with van der Waals surface area (Å²) in [5, 5.41) is 0. The number of nitrogens with zero attached hydrogens (tertiary/aromatic N) is 1. The van der Waals surface area contributed by atoms with Crippen molar-refractivity contribution in [2.24, 2.45) is 0 Å². The van der Waals surface area contributed by atoms with Crippen molar-refractivity contribution in [1.29, 1.82) is 0 Å². The standard InChI is InChI=1S/C20H21NS/c1-15(8-9-16(2)19-7-3-4-12-21-19)17-10-11-20-18(14-17)6-5-13-22-20/h3-4,7,10-12,14H,1-2,5-6,8-9,13H2. The summed E-state index contributed by atoms with van der Waals surface area (Å²) in [5.74, 6) is 1.25. The lowest BCUT2D eigenvalue weighted by molar-refractivity contribution is 0.888. The van der Waals surface area contributed by atoms with Gasteiger partial charge in [0.1, 0.15) is 0 Å². The number of benzene rings is 1. The van der Waals surface area contributed by atoms with Crippen LogP contribution in [0.15, 0.2) is 60.6 Å². The number of aryl methyl sites for hydroxylation is 1. The third kappa shape index (κ3) is 3.50. The minimum absolute atomic E-state index is 0.904. The molecule has 2 heteroatoms.